The van der Waals surface area contributed by atoms with Crippen LogP contribution in [0.5, 0.6) is 0 Å². The Morgan fingerprint density at radius 1 is 0.384 bits per heavy atom. The third-order valence-corrected chi connectivity index (χ3v) is 16.8. The Bertz CT molecular complexity index is 4000. The topological polar surface area (TPSA) is 49.4 Å². The summed E-state index contributed by atoms with van der Waals surface area (Å²) in [6.45, 7) is 45.0. The summed E-state index contributed by atoms with van der Waals surface area (Å²) < 4.78 is 1.17. The van der Waals surface area contributed by atoms with Crippen molar-refractivity contribution in [3.05, 3.63) is 249 Å². The number of carbonyl (C=O) groups is 2. The molecule has 4 nitrogen and oxygen atoms in total. The lowest BCUT2D eigenvalue weighted by atomic mass is 9.83. The molecule has 0 saturated carbocycles. The van der Waals surface area contributed by atoms with Crippen LogP contribution < -0.4 is 10.2 Å². The molecule has 0 unspecified atom stereocenters. The lowest BCUT2D eigenvalue weighted by molar-refractivity contribution is 0.0992. The highest BCUT2D eigenvalue weighted by Crippen LogP contribution is 2.43. The molecule has 0 bridgehead atoms. The largest absolute Gasteiger partial charge is 0.321 e. The Labute approximate surface area is 525 Å². The summed E-state index contributed by atoms with van der Waals surface area (Å²) in [4.78, 5) is 26.1. The molecule has 448 valence electrons. The van der Waals surface area contributed by atoms with Gasteiger partial charge < -0.3 is 10.2 Å². The van der Waals surface area contributed by atoms with Gasteiger partial charge in [0.2, 0.25) is 0 Å². The molecule has 0 aliphatic carbocycles. The smallest absolute Gasteiger partial charge is 0.258 e. The molecule has 2 amide bonds. The van der Waals surface area contributed by atoms with Crippen LogP contribution in [0.25, 0.3) is 43.1 Å². The van der Waals surface area contributed by atoms with Gasteiger partial charge in [0.1, 0.15) is 0 Å². The Morgan fingerprint density at radius 3 is 1.36 bits per heavy atom. The number of aryl methyl sites for hydroxylation is 1. The SMILES string of the molecule is CC(C)(C)c1ccc(Br)c2ccccc12.CC(C)(C)c1ccc2c3c(cccc13)C(=O)N2.CC(C)(C)c1ccc2ccccc2c1.CC(C)(C)c1ccccc1.CCN1C(=O)c2cccc3c(C(C)(C)C)ccc1c23.Cc1ccc(C(C)(C)C)cc1. The predicted molar refractivity (Wildman–Crippen MR) is 379 cm³/mol. The van der Waals surface area contributed by atoms with Crippen molar-refractivity contribution in [1.29, 1.82) is 0 Å². The van der Waals surface area contributed by atoms with Gasteiger partial charge in [-0.2, -0.15) is 0 Å². The van der Waals surface area contributed by atoms with Crippen LogP contribution in [0.4, 0.5) is 11.4 Å². The lowest BCUT2D eigenvalue weighted by Crippen LogP contribution is -2.25. The molecule has 86 heavy (non-hydrogen) atoms. The summed E-state index contributed by atoms with van der Waals surface area (Å²) in [5, 5.41) is 12.8. The van der Waals surface area contributed by atoms with Gasteiger partial charge in [-0.25, -0.2) is 0 Å². The molecule has 1 N–H and O–H groups in total. The molecule has 2 aliphatic rings. The molecule has 0 spiro atoms. The predicted octanol–water partition coefficient (Wildman–Crippen LogP) is 23.1. The third-order valence-electron chi connectivity index (χ3n) is 16.1. The van der Waals surface area contributed by atoms with E-state index < -0.39 is 0 Å². The van der Waals surface area contributed by atoms with Gasteiger partial charge in [-0.1, -0.05) is 310 Å². The zero-order valence-electron chi connectivity index (χ0n) is 55.3. The van der Waals surface area contributed by atoms with Crippen molar-refractivity contribution in [2.75, 3.05) is 16.8 Å². The maximum absolute atomic E-state index is 12.4. The quantitative estimate of drug-likeness (QED) is 0.178. The fourth-order valence-corrected chi connectivity index (χ4v) is 11.6. The minimum Gasteiger partial charge on any atom is -0.321 e. The number of rotatable bonds is 1. The van der Waals surface area contributed by atoms with E-state index in [0.29, 0.717) is 5.41 Å². The number of amides is 2. The molecule has 0 aromatic heterocycles. The number of hydrogen-bond donors (Lipinski definition) is 1. The van der Waals surface area contributed by atoms with E-state index in [0.717, 1.165) is 39.8 Å². The van der Waals surface area contributed by atoms with E-state index in [2.05, 4.69) is 317 Å². The summed E-state index contributed by atoms with van der Waals surface area (Å²) in [5.74, 6) is 0.144. The second kappa shape index (κ2) is 26.3. The van der Waals surface area contributed by atoms with Crippen molar-refractivity contribution < 1.29 is 9.59 Å². The summed E-state index contributed by atoms with van der Waals surface area (Å²) in [6, 6.07) is 67.8. The van der Waals surface area contributed by atoms with Crippen LogP contribution in [0.1, 0.15) is 191 Å². The monoisotopic (exact) mass is 1210 g/mol. The molecule has 0 radical (unpaired) electrons. The van der Waals surface area contributed by atoms with Gasteiger partial charge in [-0.05, 0) is 142 Å². The molecular weight excluding hydrogens is 1110 g/mol. The average molecular weight is 1210 g/mol. The van der Waals surface area contributed by atoms with Crippen LogP contribution in [0.15, 0.2) is 199 Å². The van der Waals surface area contributed by atoms with E-state index in [1.807, 2.05) is 42.2 Å². The zero-order valence-corrected chi connectivity index (χ0v) is 56.9. The fourth-order valence-electron chi connectivity index (χ4n) is 11.1. The number of benzene rings is 10. The molecule has 10 aromatic carbocycles. The third kappa shape index (κ3) is 15.8. The molecule has 2 heterocycles. The first-order valence-electron chi connectivity index (χ1n) is 30.7. The Balaban J connectivity index is 0.000000150. The van der Waals surface area contributed by atoms with E-state index in [1.165, 1.54) is 75.7 Å². The normalized spacial score (nSPS) is 12.9. The van der Waals surface area contributed by atoms with Gasteiger partial charge in [0.05, 0.1) is 5.69 Å². The number of hydrogen-bond acceptors (Lipinski definition) is 2. The van der Waals surface area contributed by atoms with Gasteiger partial charge in [-0.3, -0.25) is 9.59 Å². The molecule has 0 atom stereocenters. The van der Waals surface area contributed by atoms with Crippen molar-refractivity contribution in [2.45, 2.75) is 171 Å². The standard InChI is InChI=1S/C17H19NO.C15H15NO.C14H15Br.C14H16.C11H16.C10H14/c1-5-18-14-10-9-13(17(2,3)4)11-7-6-8-12(15(11)14)16(18)19;1-15(2,3)11-7-8-12-13-9(11)5-4-6-10(13)14(17)16-12;1-14(2,3)12-8-9-13(15)11-7-5-4-6-10(11)12;1-14(2,3)13-9-8-11-6-4-5-7-12(11)10-13;1-9-5-7-10(8-6-9)11(2,3)4;1-10(2,3)9-7-5-4-6-8-9/h6-10H,5H2,1-4H3;4-8H,1-3H3,(H,16,17);4-9H,1-3H3;4-10H,1-3H3;5-8H,1-4H3;4-8H,1-3H3. The number of carbonyl (C=O) groups excluding carboxylic acids is 2. The maximum atomic E-state index is 12.4. The van der Waals surface area contributed by atoms with Crippen LogP contribution in [0, 0.1) is 6.92 Å². The second-order valence-electron chi connectivity index (χ2n) is 29.2. The van der Waals surface area contributed by atoms with Crippen molar-refractivity contribution in [3.63, 3.8) is 0 Å². The molecule has 10 aromatic rings. The first-order chi connectivity index (χ1) is 40.1. The van der Waals surface area contributed by atoms with Crippen molar-refractivity contribution >= 4 is 82.2 Å². The van der Waals surface area contributed by atoms with E-state index in [9.17, 15) is 9.59 Å². The molecule has 5 heteroatoms. The number of nitrogens with zero attached hydrogens (tertiary/aromatic N) is 1. The second-order valence-corrected chi connectivity index (χ2v) is 30.0. The Hall–Kier alpha value is -7.34. The minimum atomic E-state index is 0.0108. The lowest BCUT2D eigenvalue weighted by Gasteiger charge is -2.22. The molecular formula is C81H95BrN2O2. The van der Waals surface area contributed by atoms with Crippen molar-refractivity contribution in [2.24, 2.45) is 0 Å². The Kier molecular flexibility index (Phi) is 20.3. The van der Waals surface area contributed by atoms with Gasteiger partial charge >= 0.3 is 0 Å². The van der Waals surface area contributed by atoms with Gasteiger partial charge in [-0.15, -0.1) is 0 Å². The van der Waals surface area contributed by atoms with Crippen LogP contribution in [0.3, 0.4) is 0 Å². The van der Waals surface area contributed by atoms with Gasteiger partial charge in [0, 0.05) is 38.6 Å². The van der Waals surface area contributed by atoms with E-state index in [1.54, 1.807) is 0 Å². The number of nitrogens with one attached hydrogen (secondary N) is 1. The minimum absolute atomic E-state index is 0.0108. The summed E-state index contributed by atoms with van der Waals surface area (Å²) in [7, 11) is 0. The van der Waals surface area contributed by atoms with Crippen LogP contribution >= 0.6 is 15.9 Å². The molecule has 12 rings (SSSR count). The highest BCUT2D eigenvalue weighted by molar-refractivity contribution is 9.10. The maximum Gasteiger partial charge on any atom is 0.258 e. The summed E-state index contributed by atoms with van der Waals surface area (Å²) in [5.41, 5.74) is 14.4. The molecule has 0 fully saturated rings. The molecule has 2 aliphatic heterocycles. The highest BCUT2D eigenvalue weighted by atomic mass is 79.9. The molecule has 0 saturated heterocycles. The van der Waals surface area contributed by atoms with Crippen molar-refractivity contribution in [1.82, 2.24) is 0 Å². The first kappa shape index (κ1) is 66.2. The number of anilines is 2. The summed E-state index contributed by atoms with van der Waals surface area (Å²) >= 11 is 3.60. The van der Waals surface area contributed by atoms with Gasteiger partial charge in [0.25, 0.3) is 11.8 Å². The van der Waals surface area contributed by atoms with Crippen LogP contribution in [-0.4, -0.2) is 18.4 Å². The average Bonchev–Trinajstić information content (AvgIpc) is 1.67. The van der Waals surface area contributed by atoms with Crippen LogP contribution in [0.2, 0.25) is 0 Å². The van der Waals surface area contributed by atoms with Crippen LogP contribution in [-0.2, 0) is 32.5 Å². The fraction of sp³-hybridized carbons (Fsp3) is 0.333. The number of halogens is 1. The van der Waals surface area contributed by atoms with Gasteiger partial charge in [0.15, 0.2) is 0 Å². The summed E-state index contributed by atoms with van der Waals surface area (Å²) in [6.07, 6.45) is 0. The van der Waals surface area contributed by atoms with Crippen molar-refractivity contribution in [3.8, 4) is 0 Å². The first-order valence-corrected chi connectivity index (χ1v) is 31.5. The number of fused-ring (bicyclic) bond motifs is 2. The van der Waals surface area contributed by atoms with E-state index in [4.69, 9.17) is 0 Å². The zero-order chi connectivity index (χ0) is 63.3. The van der Waals surface area contributed by atoms with E-state index in [-0.39, 0.29) is 38.9 Å². The van der Waals surface area contributed by atoms with E-state index >= 15 is 0 Å². The highest BCUT2D eigenvalue weighted by Gasteiger charge is 2.31. The Morgan fingerprint density at radius 2 is 0.826 bits per heavy atom.